The van der Waals surface area contributed by atoms with E-state index in [0.29, 0.717) is 5.92 Å². The number of hydrogen-bond donors (Lipinski definition) is 0. The van der Waals surface area contributed by atoms with Crippen LogP contribution in [0.3, 0.4) is 0 Å². The van der Waals surface area contributed by atoms with Crippen molar-refractivity contribution in [2.75, 3.05) is 0 Å². The fourth-order valence-electron chi connectivity index (χ4n) is 2.93. The number of rotatable bonds is 7. The summed E-state index contributed by atoms with van der Waals surface area (Å²) in [5.41, 5.74) is 4.08. The van der Waals surface area contributed by atoms with Gasteiger partial charge < -0.3 is 0 Å². The Labute approximate surface area is 156 Å². The Hall–Kier alpha value is -1.56. The van der Waals surface area contributed by atoms with Crippen molar-refractivity contribution in [1.82, 2.24) is 0 Å². The molecule has 1 aromatic rings. The third-order valence-corrected chi connectivity index (χ3v) is 4.49. The summed E-state index contributed by atoms with van der Waals surface area (Å²) < 4.78 is 0. The number of hydrogen-bond acceptors (Lipinski definition) is 0. The zero-order chi connectivity index (χ0) is 19.0. The van der Waals surface area contributed by atoms with E-state index in [0.717, 1.165) is 11.8 Å². The Morgan fingerprint density at radius 2 is 1.60 bits per heavy atom. The number of benzene rings is 1. The quantitative estimate of drug-likeness (QED) is 0.441. The molecule has 0 aliphatic carbocycles. The van der Waals surface area contributed by atoms with E-state index >= 15 is 0 Å². The summed E-state index contributed by atoms with van der Waals surface area (Å²) in [6.45, 7) is 18.2. The van der Waals surface area contributed by atoms with Gasteiger partial charge >= 0.3 is 0 Å². The first-order chi connectivity index (χ1) is 11.6. The monoisotopic (exact) mass is 338 g/mol. The molecule has 0 aliphatic heterocycles. The lowest BCUT2D eigenvalue weighted by atomic mass is 9.87. The Bertz CT molecular complexity index is 605. The van der Waals surface area contributed by atoms with Crippen LogP contribution in [0, 0.1) is 23.2 Å². The molecular weight excluding hydrogens is 300 g/mol. The SMILES string of the molecule is CC(/C=C/c1cccc(/C=C/C(C)(C)C)c1)=C\C(C)C(C)CC(C)C. The minimum absolute atomic E-state index is 0.216. The Kier molecular flexibility index (Phi) is 8.42. The molecule has 0 N–H and O–H groups in total. The summed E-state index contributed by atoms with van der Waals surface area (Å²) in [6, 6.07) is 8.71. The molecule has 25 heavy (non-hydrogen) atoms. The van der Waals surface area contributed by atoms with Gasteiger partial charge in [-0.3, -0.25) is 0 Å². The van der Waals surface area contributed by atoms with E-state index in [2.05, 4.69) is 110 Å². The highest BCUT2D eigenvalue weighted by molar-refractivity contribution is 5.59. The lowest BCUT2D eigenvalue weighted by molar-refractivity contribution is 0.369. The lowest BCUT2D eigenvalue weighted by Crippen LogP contribution is -2.08. The van der Waals surface area contributed by atoms with Gasteiger partial charge in [0, 0.05) is 0 Å². The second-order valence-corrected chi connectivity index (χ2v) is 9.08. The largest absolute Gasteiger partial charge is 0.0785 e. The highest BCUT2D eigenvalue weighted by Gasteiger charge is 2.11. The summed E-state index contributed by atoms with van der Waals surface area (Å²) in [4.78, 5) is 0. The number of allylic oxidation sites excluding steroid dienone is 4. The fourth-order valence-corrected chi connectivity index (χ4v) is 2.93. The summed E-state index contributed by atoms with van der Waals surface area (Å²) in [5, 5.41) is 0. The van der Waals surface area contributed by atoms with Gasteiger partial charge in [-0.2, -0.15) is 0 Å². The molecule has 0 amide bonds. The molecule has 0 aromatic heterocycles. The lowest BCUT2D eigenvalue weighted by Gasteiger charge is -2.19. The van der Waals surface area contributed by atoms with Crippen molar-refractivity contribution in [2.45, 2.75) is 61.8 Å². The topological polar surface area (TPSA) is 0 Å². The molecule has 0 saturated carbocycles. The molecule has 0 heteroatoms. The van der Waals surface area contributed by atoms with Crippen LogP contribution < -0.4 is 0 Å². The van der Waals surface area contributed by atoms with Crippen LogP contribution in [0.4, 0.5) is 0 Å². The highest BCUT2D eigenvalue weighted by atomic mass is 14.2. The van der Waals surface area contributed by atoms with Crippen molar-refractivity contribution in [2.24, 2.45) is 23.2 Å². The van der Waals surface area contributed by atoms with Crippen molar-refractivity contribution >= 4 is 12.2 Å². The van der Waals surface area contributed by atoms with Gasteiger partial charge in [-0.15, -0.1) is 0 Å². The summed E-state index contributed by atoms with van der Waals surface area (Å²) in [7, 11) is 0. The van der Waals surface area contributed by atoms with E-state index in [1.165, 1.54) is 23.1 Å². The van der Waals surface area contributed by atoms with Gasteiger partial charge in [0.15, 0.2) is 0 Å². The first kappa shape index (κ1) is 21.5. The maximum atomic E-state index is 2.41. The van der Waals surface area contributed by atoms with Gasteiger partial charge in [0.1, 0.15) is 0 Å². The third kappa shape index (κ3) is 9.48. The molecular formula is C25H38. The molecule has 0 aliphatic rings. The summed E-state index contributed by atoms with van der Waals surface area (Å²) >= 11 is 0. The maximum absolute atomic E-state index is 2.41. The van der Waals surface area contributed by atoms with Crippen LogP contribution in [-0.4, -0.2) is 0 Å². The Morgan fingerprint density at radius 1 is 1.00 bits per heavy atom. The minimum Gasteiger partial charge on any atom is -0.0785 e. The standard InChI is InChI=1S/C25H38/c1-19(2)16-21(4)22(5)17-20(3)12-13-23-10-9-11-24(18-23)14-15-25(6,7)8/h9-15,17-19,21-22H,16H2,1-8H3/b13-12+,15-14+,20-17+. The van der Waals surface area contributed by atoms with E-state index in [1.807, 2.05) is 0 Å². The second kappa shape index (κ2) is 9.80. The zero-order valence-corrected chi connectivity index (χ0v) is 17.6. The van der Waals surface area contributed by atoms with Crippen LogP contribution in [0.2, 0.25) is 0 Å². The normalized spacial score (nSPS) is 16.1. The van der Waals surface area contributed by atoms with Gasteiger partial charge in [0.05, 0.1) is 0 Å². The minimum atomic E-state index is 0.216. The highest BCUT2D eigenvalue weighted by Crippen LogP contribution is 2.22. The van der Waals surface area contributed by atoms with Gasteiger partial charge in [0.2, 0.25) is 0 Å². The van der Waals surface area contributed by atoms with Crippen molar-refractivity contribution in [3.8, 4) is 0 Å². The molecule has 0 fully saturated rings. The zero-order valence-electron chi connectivity index (χ0n) is 17.6. The fraction of sp³-hybridized carbons (Fsp3) is 0.520. The average Bonchev–Trinajstić information content (AvgIpc) is 2.50. The average molecular weight is 339 g/mol. The first-order valence-corrected chi connectivity index (χ1v) is 9.72. The summed E-state index contributed by atoms with van der Waals surface area (Å²) in [5.74, 6) is 2.12. The van der Waals surface area contributed by atoms with E-state index in [4.69, 9.17) is 0 Å². The predicted molar refractivity (Wildman–Crippen MR) is 116 cm³/mol. The molecule has 2 atom stereocenters. The molecule has 0 saturated heterocycles. The Balaban J connectivity index is 2.77. The van der Waals surface area contributed by atoms with E-state index < -0.39 is 0 Å². The van der Waals surface area contributed by atoms with Crippen LogP contribution in [0.15, 0.2) is 48.1 Å². The van der Waals surface area contributed by atoms with Crippen LogP contribution in [0.1, 0.15) is 72.9 Å². The summed E-state index contributed by atoms with van der Waals surface area (Å²) in [6.07, 6.45) is 12.6. The van der Waals surface area contributed by atoms with Crippen molar-refractivity contribution in [3.05, 3.63) is 59.2 Å². The second-order valence-electron chi connectivity index (χ2n) is 9.08. The van der Waals surface area contributed by atoms with Gasteiger partial charge in [0.25, 0.3) is 0 Å². The molecule has 0 heterocycles. The molecule has 0 spiro atoms. The van der Waals surface area contributed by atoms with Crippen molar-refractivity contribution in [3.63, 3.8) is 0 Å². The molecule has 138 valence electrons. The van der Waals surface area contributed by atoms with Crippen molar-refractivity contribution in [1.29, 1.82) is 0 Å². The van der Waals surface area contributed by atoms with Gasteiger partial charge in [-0.05, 0) is 53.7 Å². The van der Waals surface area contributed by atoms with Crippen LogP contribution in [-0.2, 0) is 0 Å². The van der Waals surface area contributed by atoms with Gasteiger partial charge in [-0.1, -0.05) is 103 Å². The van der Waals surface area contributed by atoms with E-state index in [1.54, 1.807) is 0 Å². The van der Waals surface area contributed by atoms with Crippen molar-refractivity contribution < 1.29 is 0 Å². The third-order valence-electron chi connectivity index (χ3n) is 4.49. The van der Waals surface area contributed by atoms with E-state index in [9.17, 15) is 0 Å². The van der Waals surface area contributed by atoms with E-state index in [-0.39, 0.29) is 5.41 Å². The van der Waals surface area contributed by atoms with Gasteiger partial charge in [-0.25, -0.2) is 0 Å². The molecule has 0 nitrogen and oxygen atoms in total. The maximum Gasteiger partial charge on any atom is -0.0200 e. The molecule has 0 bridgehead atoms. The Morgan fingerprint density at radius 3 is 2.16 bits per heavy atom. The smallest absolute Gasteiger partial charge is 0.0200 e. The molecule has 2 unspecified atom stereocenters. The van der Waals surface area contributed by atoms with Crippen LogP contribution in [0.5, 0.6) is 0 Å². The van der Waals surface area contributed by atoms with Crippen LogP contribution in [0.25, 0.3) is 12.2 Å². The molecule has 1 rings (SSSR count). The predicted octanol–water partition coefficient (Wildman–Crippen LogP) is 8.02. The van der Waals surface area contributed by atoms with Crippen LogP contribution >= 0.6 is 0 Å². The first-order valence-electron chi connectivity index (χ1n) is 9.72. The molecule has 1 aromatic carbocycles. The molecule has 0 radical (unpaired) electrons.